The van der Waals surface area contributed by atoms with Crippen molar-refractivity contribution < 1.29 is 15.0 Å². The van der Waals surface area contributed by atoms with E-state index in [1.807, 2.05) is 6.92 Å². The summed E-state index contributed by atoms with van der Waals surface area (Å²) >= 11 is 5.59. The van der Waals surface area contributed by atoms with Crippen molar-refractivity contribution in [1.82, 2.24) is 5.32 Å². The van der Waals surface area contributed by atoms with Gasteiger partial charge in [-0.25, -0.2) is 0 Å². The maximum Gasteiger partial charge on any atom is 0.251 e. The van der Waals surface area contributed by atoms with Gasteiger partial charge in [-0.15, -0.1) is 11.6 Å². The third kappa shape index (κ3) is 4.53. The Labute approximate surface area is 105 Å². The predicted octanol–water partition coefficient (Wildman–Crippen LogP) is 2.09. The highest BCUT2D eigenvalue weighted by Gasteiger charge is 2.09. The zero-order valence-corrected chi connectivity index (χ0v) is 10.4. The fourth-order valence-electron chi connectivity index (χ4n) is 1.38. The number of carbonyl (C=O) groups excluding carboxylic acids is 1. The third-order valence-electron chi connectivity index (χ3n) is 2.38. The lowest BCUT2D eigenvalue weighted by molar-refractivity contribution is 0.0947. The molecular formula is C12H16ClNO3. The number of phenolic OH excluding ortho intramolecular Hbond substituents is 2. The Morgan fingerprint density at radius 3 is 2.47 bits per heavy atom. The largest absolute Gasteiger partial charge is 0.508 e. The molecule has 0 saturated heterocycles. The number of aromatic hydroxyl groups is 2. The van der Waals surface area contributed by atoms with Crippen LogP contribution in [0.1, 0.15) is 23.7 Å². The summed E-state index contributed by atoms with van der Waals surface area (Å²) in [6.45, 7) is 2.50. The van der Waals surface area contributed by atoms with Crippen LogP contribution < -0.4 is 5.32 Å². The van der Waals surface area contributed by atoms with Crippen molar-refractivity contribution in [3.8, 4) is 11.5 Å². The molecule has 0 aliphatic carbocycles. The molecule has 1 aromatic rings. The molecule has 0 saturated carbocycles. The van der Waals surface area contributed by atoms with Gasteiger partial charge in [0.25, 0.3) is 5.91 Å². The number of amides is 1. The van der Waals surface area contributed by atoms with E-state index in [0.717, 1.165) is 6.42 Å². The zero-order valence-electron chi connectivity index (χ0n) is 9.61. The first kappa shape index (κ1) is 13.6. The number of carbonyl (C=O) groups is 1. The molecule has 0 aromatic heterocycles. The lowest BCUT2D eigenvalue weighted by atomic mass is 10.1. The molecule has 94 valence electrons. The third-order valence-corrected chi connectivity index (χ3v) is 2.60. The van der Waals surface area contributed by atoms with E-state index in [1.54, 1.807) is 0 Å². The highest BCUT2D eigenvalue weighted by molar-refractivity contribution is 6.17. The van der Waals surface area contributed by atoms with E-state index in [9.17, 15) is 15.0 Å². The molecule has 0 bridgehead atoms. The van der Waals surface area contributed by atoms with Gasteiger partial charge >= 0.3 is 0 Å². The number of alkyl halides is 1. The van der Waals surface area contributed by atoms with Gasteiger partial charge in [-0.2, -0.15) is 0 Å². The number of hydrogen-bond acceptors (Lipinski definition) is 3. The molecule has 1 unspecified atom stereocenters. The van der Waals surface area contributed by atoms with Gasteiger partial charge in [-0.3, -0.25) is 4.79 Å². The predicted molar refractivity (Wildman–Crippen MR) is 66.6 cm³/mol. The summed E-state index contributed by atoms with van der Waals surface area (Å²) in [5.74, 6) is 0.261. The molecule has 0 aliphatic heterocycles. The van der Waals surface area contributed by atoms with E-state index >= 15 is 0 Å². The molecule has 5 heteroatoms. The van der Waals surface area contributed by atoms with Crippen molar-refractivity contribution in [1.29, 1.82) is 0 Å². The first-order chi connectivity index (χ1) is 8.02. The van der Waals surface area contributed by atoms with Crippen LogP contribution in [-0.2, 0) is 0 Å². The molecule has 4 nitrogen and oxygen atoms in total. The molecule has 0 aliphatic rings. The summed E-state index contributed by atoms with van der Waals surface area (Å²) in [6, 6.07) is 3.79. The standard InChI is InChI=1S/C12H16ClNO3/c1-8(2-3-13)7-14-12(17)9-4-10(15)6-11(16)5-9/h4-6,8,15-16H,2-3,7H2,1H3,(H,14,17). The van der Waals surface area contributed by atoms with Crippen LogP contribution in [0.5, 0.6) is 11.5 Å². The van der Waals surface area contributed by atoms with Crippen LogP contribution in [0.3, 0.4) is 0 Å². The van der Waals surface area contributed by atoms with Crippen molar-refractivity contribution >= 4 is 17.5 Å². The highest BCUT2D eigenvalue weighted by atomic mass is 35.5. The second kappa shape index (κ2) is 6.35. The Kier molecular flexibility index (Phi) is 5.10. The smallest absolute Gasteiger partial charge is 0.251 e. The van der Waals surface area contributed by atoms with E-state index in [-0.39, 0.29) is 23.0 Å². The maximum absolute atomic E-state index is 11.7. The quantitative estimate of drug-likeness (QED) is 0.708. The molecule has 1 rings (SSSR count). The molecular weight excluding hydrogens is 242 g/mol. The van der Waals surface area contributed by atoms with Crippen LogP contribution in [0.15, 0.2) is 18.2 Å². The molecule has 0 radical (unpaired) electrons. The summed E-state index contributed by atoms with van der Waals surface area (Å²) in [5, 5.41) is 21.2. The summed E-state index contributed by atoms with van der Waals surface area (Å²) < 4.78 is 0. The minimum atomic E-state index is -0.322. The Bertz CT molecular complexity index is 375. The lowest BCUT2D eigenvalue weighted by Gasteiger charge is -2.11. The van der Waals surface area contributed by atoms with Gasteiger partial charge in [0, 0.05) is 24.1 Å². The molecule has 1 amide bonds. The molecule has 0 spiro atoms. The average Bonchev–Trinajstić information content (AvgIpc) is 2.25. The van der Waals surface area contributed by atoms with E-state index in [1.165, 1.54) is 18.2 Å². The monoisotopic (exact) mass is 257 g/mol. The number of nitrogens with one attached hydrogen (secondary N) is 1. The SMILES string of the molecule is CC(CCCl)CNC(=O)c1cc(O)cc(O)c1. The zero-order chi connectivity index (χ0) is 12.8. The van der Waals surface area contributed by atoms with E-state index in [2.05, 4.69) is 5.32 Å². The van der Waals surface area contributed by atoms with Gasteiger partial charge in [0.2, 0.25) is 0 Å². The van der Waals surface area contributed by atoms with Crippen molar-refractivity contribution in [2.24, 2.45) is 5.92 Å². The van der Waals surface area contributed by atoms with E-state index in [0.29, 0.717) is 18.3 Å². The van der Waals surface area contributed by atoms with Gasteiger partial charge in [0.15, 0.2) is 0 Å². The van der Waals surface area contributed by atoms with Gasteiger partial charge < -0.3 is 15.5 Å². The number of phenols is 2. The first-order valence-electron chi connectivity index (χ1n) is 5.40. The minimum absolute atomic E-state index is 0.135. The van der Waals surface area contributed by atoms with Crippen LogP contribution in [0.25, 0.3) is 0 Å². The number of benzene rings is 1. The van der Waals surface area contributed by atoms with Gasteiger partial charge in [0.1, 0.15) is 11.5 Å². The second-order valence-corrected chi connectivity index (χ2v) is 4.41. The fraction of sp³-hybridized carbons (Fsp3) is 0.417. The summed E-state index contributed by atoms with van der Waals surface area (Å²) in [5.41, 5.74) is 0.237. The fourth-order valence-corrected chi connectivity index (χ4v) is 1.76. The normalized spacial score (nSPS) is 12.1. The number of halogens is 1. The molecule has 17 heavy (non-hydrogen) atoms. The molecule has 1 aromatic carbocycles. The van der Waals surface area contributed by atoms with Crippen LogP contribution in [0.2, 0.25) is 0 Å². The molecule has 0 heterocycles. The Balaban J connectivity index is 2.58. The minimum Gasteiger partial charge on any atom is -0.508 e. The van der Waals surface area contributed by atoms with Crippen LogP contribution >= 0.6 is 11.6 Å². The van der Waals surface area contributed by atoms with Gasteiger partial charge in [-0.1, -0.05) is 6.92 Å². The molecule has 0 fully saturated rings. The van der Waals surface area contributed by atoms with Crippen LogP contribution in [0.4, 0.5) is 0 Å². The lowest BCUT2D eigenvalue weighted by Crippen LogP contribution is -2.28. The first-order valence-corrected chi connectivity index (χ1v) is 5.93. The highest BCUT2D eigenvalue weighted by Crippen LogP contribution is 2.20. The number of rotatable bonds is 5. The number of hydrogen-bond donors (Lipinski definition) is 3. The Hall–Kier alpha value is -1.42. The van der Waals surface area contributed by atoms with Gasteiger partial charge in [-0.05, 0) is 24.5 Å². The van der Waals surface area contributed by atoms with E-state index < -0.39 is 0 Å². The van der Waals surface area contributed by atoms with Crippen molar-refractivity contribution in [2.45, 2.75) is 13.3 Å². The second-order valence-electron chi connectivity index (χ2n) is 4.03. The summed E-state index contributed by atoms with van der Waals surface area (Å²) in [4.78, 5) is 11.7. The van der Waals surface area contributed by atoms with Crippen LogP contribution in [-0.4, -0.2) is 28.5 Å². The van der Waals surface area contributed by atoms with Crippen molar-refractivity contribution in [2.75, 3.05) is 12.4 Å². The Morgan fingerprint density at radius 2 is 1.94 bits per heavy atom. The maximum atomic E-state index is 11.7. The summed E-state index contributed by atoms with van der Waals surface area (Å²) in [6.07, 6.45) is 0.827. The van der Waals surface area contributed by atoms with Gasteiger partial charge in [0.05, 0.1) is 0 Å². The van der Waals surface area contributed by atoms with E-state index in [4.69, 9.17) is 11.6 Å². The average molecular weight is 258 g/mol. The molecule has 1 atom stereocenters. The molecule has 3 N–H and O–H groups in total. The summed E-state index contributed by atoms with van der Waals surface area (Å²) in [7, 11) is 0. The topological polar surface area (TPSA) is 69.6 Å². The van der Waals surface area contributed by atoms with Crippen LogP contribution in [0, 0.1) is 5.92 Å². The van der Waals surface area contributed by atoms with Crippen molar-refractivity contribution in [3.63, 3.8) is 0 Å². The van der Waals surface area contributed by atoms with Crippen molar-refractivity contribution in [3.05, 3.63) is 23.8 Å². The Morgan fingerprint density at radius 1 is 1.35 bits per heavy atom.